The maximum absolute atomic E-state index is 12.8. The normalized spacial score (nSPS) is 18.5. The molecule has 0 atom stereocenters. The quantitative estimate of drug-likeness (QED) is 0.926. The summed E-state index contributed by atoms with van der Waals surface area (Å²) < 4.78 is 5.41. The van der Waals surface area contributed by atoms with Crippen LogP contribution in [0.5, 0.6) is 0 Å². The lowest BCUT2D eigenvalue weighted by molar-refractivity contribution is 0.0585. The lowest BCUT2D eigenvalue weighted by Crippen LogP contribution is -2.43. The summed E-state index contributed by atoms with van der Waals surface area (Å²) >= 11 is 0. The highest BCUT2D eigenvalue weighted by atomic mass is 16.5. The zero-order valence-corrected chi connectivity index (χ0v) is 12.4. The van der Waals surface area contributed by atoms with Gasteiger partial charge < -0.3 is 14.7 Å². The number of ether oxygens (including phenoxy) is 1. The Morgan fingerprint density at radius 1 is 1.19 bits per heavy atom. The van der Waals surface area contributed by atoms with Crippen molar-refractivity contribution in [3.05, 3.63) is 34.9 Å². The summed E-state index contributed by atoms with van der Waals surface area (Å²) in [4.78, 5) is 14.7. The molecule has 1 N–H and O–H groups in total. The molecule has 0 saturated heterocycles. The molecule has 1 saturated carbocycles. The van der Waals surface area contributed by atoms with E-state index < -0.39 is 0 Å². The van der Waals surface area contributed by atoms with Gasteiger partial charge in [0.25, 0.3) is 5.91 Å². The Hall–Kier alpha value is -1.39. The van der Waals surface area contributed by atoms with E-state index in [1.807, 2.05) is 23.1 Å². The summed E-state index contributed by atoms with van der Waals surface area (Å²) in [5.41, 5.74) is 3.02. The number of aliphatic hydroxyl groups excluding tert-OH is 1. The summed E-state index contributed by atoms with van der Waals surface area (Å²) in [6.45, 7) is 1.69. The Kier molecular flexibility index (Phi) is 4.56. The first kappa shape index (κ1) is 14.5. The van der Waals surface area contributed by atoms with Crippen LogP contribution in [-0.4, -0.2) is 35.1 Å². The third-order valence-corrected chi connectivity index (χ3v) is 4.59. The zero-order valence-electron chi connectivity index (χ0n) is 12.4. The fourth-order valence-corrected chi connectivity index (χ4v) is 3.42. The third kappa shape index (κ3) is 3.11. The molecule has 0 bridgehead atoms. The van der Waals surface area contributed by atoms with Crippen molar-refractivity contribution < 1.29 is 14.6 Å². The number of rotatable bonds is 4. The second-order valence-corrected chi connectivity index (χ2v) is 5.99. The van der Waals surface area contributed by atoms with Gasteiger partial charge in [-0.3, -0.25) is 4.79 Å². The lowest BCUT2D eigenvalue weighted by atomic mass is 9.93. The Morgan fingerprint density at radius 2 is 1.95 bits per heavy atom. The van der Waals surface area contributed by atoms with Crippen LogP contribution < -0.4 is 0 Å². The van der Waals surface area contributed by atoms with E-state index in [1.54, 1.807) is 0 Å². The van der Waals surface area contributed by atoms with Crippen molar-refractivity contribution in [1.29, 1.82) is 0 Å². The first-order valence-electron chi connectivity index (χ1n) is 7.91. The smallest absolute Gasteiger partial charge is 0.254 e. The average molecular weight is 289 g/mol. The van der Waals surface area contributed by atoms with Gasteiger partial charge in [0, 0.05) is 18.2 Å². The molecule has 1 aliphatic carbocycles. The Bertz CT molecular complexity index is 509. The topological polar surface area (TPSA) is 49.8 Å². The predicted octanol–water partition coefficient (Wildman–Crippen LogP) is 2.48. The molecular weight excluding hydrogens is 266 g/mol. The van der Waals surface area contributed by atoms with Crippen LogP contribution in [0.25, 0.3) is 0 Å². The van der Waals surface area contributed by atoms with E-state index in [0.29, 0.717) is 19.8 Å². The van der Waals surface area contributed by atoms with E-state index in [-0.39, 0.29) is 18.6 Å². The molecule has 0 radical (unpaired) electrons. The fourth-order valence-electron chi connectivity index (χ4n) is 3.42. The predicted molar refractivity (Wildman–Crippen MR) is 79.9 cm³/mol. The molecule has 1 heterocycles. The summed E-state index contributed by atoms with van der Waals surface area (Å²) in [5, 5.41) is 9.30. The molecule has 114 valence electrons. The van der Waals surface area contributed by atoms with Crippen molar-refractivity contribution in [2.24, 2.45) is 0 Å². The summed E-state index contributed by atoms with van der Waals surface area (Å²) in [7, 11) is 0. The molecule has 2 aliphatic rings. The molecule has 21 heavy (non-hydrogen) atoms. The van der Waals surface area contributed by atoms with Gasteiger partial charge in [-0.05, 0) is 36.1 Å². The van der Waals surface area contributed by atoms with Crippen molar-refractivity contribution in [2.45, 2.75) is 51.4 Å². The molecule has 1 fully saturated rings. The Balaban J connectivity index is 1.79. The van der Waals surface area contributed by atoms with Crippen molar-refractivity contribution in [3.8, 4) is 0 Å². The van der Waals surface area contributed by atoms with Crippen molar-refractivity contribution >= 4 is 5.91 Å². The average Bonchev–Trinajstić information content (AvgIpc) is 3.00. The van der Waals surface area contributed by atoms with Gasteiger partial charge in [0.1, 0.15) is 0 Å². The van der Waals surface area contributed by atoms with Crippen LogP contribution in [0, 0.1) is 0 Å². The van der Waals surface area contributed by atoms with Crippen LogP contribution in [0.4, 0.5) is 0 Å². The second kappa shape index (κ2) is 6.58. The van der Waals surface area contributed by atoms with Crippen LogP contribution in [0.1, 0.15) is 53.6 Å². The summed E-state index contributed by atoms with van der Waals surface area (Å²) in [5.74, 6) is 0.0469. The number of aliphatic hydroxyl groups is 1. The first-order chi connectivity index (χ1) is 10.3. The number of hydrogen-bond acceptors (Lipinski definition) is 3. The fraction of sp³-hybridized carbons (Fsp3) is 0.588. The van der Waals surface area contributed by atoms with Crippen molar-refractivity contribution in [3.63, 3.8) is 0 Å². The lowest BCUT2D eigenvalue weighted by Gasteiger charge is -2.34. The minimum Gasteiger partial charge on any atom is -0.395 e. The highest BCUT2D eigenvalue weighted by Crippen LogP contribution is 2.26. The molecule has 0 spiro atoms. The number of carbonyl (C=O) groups excluding carboxylic acids is 1. The van der Waals surface area contributed by atoms with Gasteiger partial charge in [0.2, 0.25) is 0 Å². The van der Waals surface area contributed by atoms with E-state index >= 15 is 0 Å². The minimum atomic E-state index is 0.0241. The van der Waals surface area contributed by atoms with Crippen molar-refractivity contribution in [2.75, 3.05) is 13.2 Å². The molecule has 1 amide bonds. The SMILES string of the molecule is O=C(c1ccc2c(c1)COC2)N(CCO)C1CCCCC1. The minimum absolute atomic E-state index is 0.0241. The van der Waals surface area contributed by atoms with Crippen LogP contribution in [-0.2, 0) is 18.0 Å². The second-order valence-electron chi connectivity index (χ2n) is 5.99. The van der Waals surface area contributed by atoms with E-state index in [1.165, 1.54) is 24.8 Å². The van der Waals surface area contributed by atoms with Crippen LogP contribution in [0.3, 0.4) is 0 Å². The van der Waals surface area contributed by atoms with E-state index in [0.717, 1.165) is 24.0 Å². The van der Waals surface area contributed by atoms with Gasteiger partial charge in [-0.15, -0.1) is 0 Å². The first-order valence-corrected chi connectivity index (χ1v) is 7.91. The Labute approximate surface area is 125 Å². The number of amides is 1. The number of benzene rings is 1. The standard InChI is InChI=1S/C17H23NO3/c19-9-8-18(16-4-2-1-3-5-16)17(20)13-6-7-14-11-21-12-15(14)10-13/h6-7,10,16,19H,1-5,8-9,11-12H2. The van der Waals surface area contributed by atoms with Gasteiger partial charge in [0.05, 0.1) is 19.8 Å². The molecule has 4 heteroatoms. The van der Waals surface area contributed by atoms with E-state index in [9.17, 15) is 9.90 Å². The number of hydrogen-bond donors (Lipinski definition) is 1. The van der Waals surface area contributed by atoms with Gasteiger partial charge in [-0.2, -0.15) is 0 Å². The monoisotopic (exact) mass is 289 g/mol. The molecule has 3 rings (SSSR count). The number of fused-ring (bicyclic) bond motifs is 1. The highest BCUT2D eigenvalue weighted by Gasteiger charge is 2.26. The highest BCUT2D eigenvalue weighted by molar-refractivity contribution is 5.94. The van der Waals surface area contributed by atoms with Gasteiger partial charge in [0.15, 0.2) is 0 Å². The summed E-state index contributed by atoms with van der Waals surface area (Å²) in [6, 6.07) is 6.12. The van der Waals surface area contributed by atoms with Gasteiger partial charge in [-0.25, -0.2) is 0 Å². The van der Waals surface area contributed by atoms with E-state index in [2.05, 4.69) is 0 Å². The van der Waals surface area contributed by atoms with Gasteiger partial charge in [-0.1, -0.05) is 25.3 Å². The zero-order chi connectivity index (χ0) is 14.7. The van der Waals surface area contributed by atoms with Crippen molar-refractivity contribution in [1.82, 2.24) is 4.90 Å². The van der Waals surface area contributed by atoms with Crippen LogP contribution in [0.2, 0.25) is 0 Å². The Morgan fingerprint density at radius 3 is 2.71 bits per heavy atom. The number of nitrogens with zero attached hydrogens (tertiary/aromatic N) is 1. The molecule has 1 aromatic rings. The molecular formula is C17H23NO3. The maximum Gasteiger partial charge on any atom is 0.254 e. The molecule has 0 unspecified atom stereocenters. The molecule has 4 nitrogen and oxygen atoms in total. The molecule has 0 aromatic heterocycles. The molecule has 1 aromatic carbocycles. The number of carbonyl (C=O) groups is 1. The maximum atomic E-state index is 12.8. The van der Waals surface area contributed by atoms with E-state index in [4.69, 9.17) is 4.74 Å². The van der Waals surface area contributed by atoms with Gasteiger partial charge >= 0.3 is 0 Å². The summed E-state index contributed by atoms with van der Waals surface area (Å²) in [6.07, 6.45) is 5.73. The molecule has 1 aliphatic heterocycles. The third-order valence-electron chi connectivity index (χ3n) is 4.59. The van der Waals surface area contributed by atoms with Crippen LogP contribution >= 0.6 is 0 Å². The largest absolute Gasteiger partial charge is 0.395 e. The van der Waals surface area contributed by atoms with Crippen LogP contribution in [0.15, 0.2) is 18.2 Å².